The Balaban J connectivity index is 2.23. The molecule has 1 N–H and O–H groups in total. The highest BCUT2D eigenvalue weighted by Gasteiger charge is 2.20. The van der Waals surface area contributed by atoms with Crippen LogP contribution in [-0.4, -0.2) is 29.9 Å². The Bertz CT molecular complexity index is 795. The first kappa shape index (κ1) is 19.6. The molecule has 0 atom stereocenters. The largest absolute Gasteiger partial charge is 0.465 e. The fourth-order valence-electron chi connectivity index (χ4n) is 2.54. The second-order valence-electron chi connectivity index (χ2n) is 5.84. The van der Waals surface area contributed by atoms with Crippen LogP contribution in [0.15, 0.2) is 48.5 Å². The van der Waals surface area contributed by atoms with E-state index in [1.807, 2.05) is 6.92 Å². The van der Waals surface area contributed by atoms with Crippen LogP contribution in [0.3, 0.4) is 0 Å². The van der Waals surface area contributed by atoms with Gasteiger partial charge in [-0.1, -0.05) is 23.7 Å². The van der Waals surface area contributed by atoms with Crippen LogP contribution in [-0.2, 0) is 0 Å². The minimum atomic E-state index is -1.07. The molecule has 0 aliphatic rings. The molecule has 138 valence electrons. The lowest BCUT2D eigenvalue weighted by atomic mass is 10.2. The molecule has 0 heterocycles. The predicted octanol–water partition coefficient (Wildman–Crippen LogP) is 5.26. The zero-order valence-electron chi connectivity index (χ0n) is 14.8. The van der Waals surface area contributed by atoms with Crippen LogP contribution in [0.25, 0.3) is 0 Å². The Morgan fingerprint density at radius 2 is 1.77 bits per heavy atom. The zero-order valence-corrected chi connectivity index (χ0v) is 15.6. The Morgan fingerprint density at radius 1 is 1.12 bits per heavy atom. The van der Waals surface area contributed by atoms with Gasteiger partial charge in [-0.15, -0.1) is 0 Å². The lowest BCUT2D eigenvalue weighted by Crippen LogP contribution is -2.36. The number of carboxylic acid groups (broad SMARTS) is 1. The van der Waals surface area contributed by atoms with Crippen molar-refractivity contribution >= 4 is 35.2 Å². The first-order valence-corrected chi connectivity index (χ1v) is 8.58. The fourth-order valence-corrected chi connectivity index (χ4v) is 2.73. The Morgan fingerprint density at radius 3 is 2.35 bits per heavy atom. The highest BCUT2D eigenvalue weighted by molar-refractivity contribution is 6.30. The molecule has 0 radical (unpaired) electrons. The smallest absolute Gasteiger partial charge is 0.419 e. The van der Waals surface area contributed by atoms with E-state index in [0.29, 0.717) is 22.9 Å². The molecule has 0 fully saturated rings. The van der Waals surface area contributed by atoms with Crippen LogP contribution < -0.4 is 14.5 Å². The molecule has 2 aromatic carbocycles. The maximum absolute atomic E-state index is 12.5. The van der Waals surface area contributed by atoms with Crippen molar-refractivity contribution in [2.75, 3.05) is 16.3 Å². The molecule has 26 heavy (non-hydrogen) atoms. The highest BCUT2D eigenvalue weighted by Crippen LogP contribution is 2.25. The molecule has 7 heteroatoms. The van der Waals surface area contributed by atoms with Gasteiger partial charge in [0.1, 0.15) is 5.75 Å². The summed E-state index contributed by atoms with van der Waals surface area (Å²) in [5.74, 6) is 0.264. The van der Waals surface area contributed by atoms with Gasteiger partial charge in [0.05, 0.1) is 5.69 Å². The van der Waals surface area contributed by atoms with Gasteiger partial charge in [-0.05, 0) is 51.1 Å². The number of halogens is 1. The van der Waals surface area contributed by atoms with E-state index in [-0.39, 0.29) is 11.8 Å². The second-order valence-corrected chi connectivity index (χ2v) is 6.27. The summed E-state index contributed by atoms with van der Waals surface area (Å²) in [6.07, 6.45) is -1.64. The number of carbonyl (C=O) groups excluding carboxylic acids is 1. The average molecular weight is 377 g/mol. The van der Waals surface area contributed by atoms with Crippen LogP contribution in [0.1, 0.15) is 20.8 Å². The molecule has 0 bridgehead atoms. The van der Waals surface area contributed by atoms with Crippen molar-refractivity contribution in [3.05, 3.63) is 53.6 Å². The van der Waals surface area contributed by atoms with Crippen LogP contribution in [0, 0.1) is 0 Å². The summed E-state index contributed by atoms with van der Waals surface area (Å²) in [5, 5.41) is 9.89. The second kappa shape index (κ2) is 8.58. The number of rotatable bonds is 5. The number of ether oxygens (including phenoxy) is 1. The van der Waals surface area contributed by atoms with Gasteiger partial charge >= 0.3 is 12.2 Å². The molecule has 0 aromatic heterocycles. The lowest BCUT2D eigenvalue weighted by molar-refractivity contribution is 0.200. The van der Waals surface area contributed by atoms with E-state index in [2.05, 4.69) is 0 Å². The molecular weight excluding hydrogens is 356 g/mol. The van der Waals surface area contributed by atoms with E-state index in [1.165, 1.54) is 15.9 Å². The molecule has 0 spiro atoms. The molecule has 2 aromatic rings. The summed E-state index contributed by atoms with van der Waals surface area (Å²) in [6, 6.07) is 13.1. The number of benzene rings is 2. The van der Waals surface area contributed by atoms with Crippen LogP contribution in [0.2, 0.25) is 5.02 Å². The highest BCUT2D eigenvalue weighted by atomic mass is 35.5. The number of amides is 2. The molecule has 2 rings (SSSR count). The first-order chi connectivity index (χ1) is 12.3. The van der Waals surface area contributed by atoms with Gasteiger partial charge in [-0.3, -0.25) is 9.80 Å². The van der Waals surface area contributed by atoms with Gasteiger partial charge < -0.3 is 9.84 Å². The molecular formula is C19H21ClN2O4. The first-order valence-electron chi connectivity index (χ1n) is 8.20. The fraction of sp³-hybridized carbons (Fsp3) is 0.263. The molecule has 2 amide bonds. The summed E-state index contributed by atoms with van der Waals surface area (Å²) in [4.78, 5) is 26.6. The summed E-state index contributed by atoms with van der Waals surface area (Å²) in [7, 11) is 0. The van der Waals surface area contributed by atoms with Gasteiger partial charge in [0.25, 0.3) is 0 Å². The number of hydrogen-bond donors (Lipinski definition) is 1. The summed E-state index contributed by atoms with van der Waals surface area (Å²) < 4.78 is 5.44. The molecule has 0 aliphatic heterocycles. The Hall–Kier alpha value is -2.73. The molecule has 0 unspecified atom stereocenters. The maximum Gasteiger partial charge on any atom is 0.419 e. The van der Waals surface area contributed by atoms with Gasteiger partial charge in [0.2, 0.25) is 0 Å². The maximum atomic E-state index is 12.5. The van der Waals surface area contributed by atoms with E-state index >= 15 is 0 Å². The van der Waals surface area contributed by atoms with Crippen molar-refractivity contribution in [3.63, 3.8) is 0 Å². The van der Waals surface area contributed by atoms with Crippen molar-refractivity contribution in [1.29, 1.82) is 0 Å². The number of anilines is 2. The quantitative estimate of drug-likeness (QED) is 0.772. The minimum absolute atomic E-state index is 0.253. The third-order valence-electron chi connectivity index (χ3n) is 3.68. The van der Waals surface area contributed by atoms with Gasteiger partial charge in [0.15, 0.2) is 0 Å². The third kappa shape index (κ3) is 4.67. The Labute approximate surface area is 157 Å². The SMILES string of the molecule is CCN(C(=O)Oc1cccc(N(C(=O)O)C(C)C)c1)c1cccc(Cl)c1. The van der Waals surface area contributed by atoms with Crippen molar-refractivity contribution < 1.29 is 19.4 Å². The molecule has 0 saturated carbocycles. The lowest BCUT2D eigenvalue weighted by Gasteiger charge is -2.24. The van der Waals surface area contributed by atoms with Crippen LogP contribution in [0.4, 0.5) is 21.0 Å². The standard InChI is InChI=1S/C19H21ClN2O4/c1-4-21(15-8-5-7-14(20)11-15)19(25)26-17-10-6-9-16(12-17)22(13(2)3)18(23)24/h5-13H,4H2,1-3H3,(H,23,24). The number of nitrogens with zero attached hydrogens (tertiary/aromatic N) is 2. The normalized spacial score (nSPS) is 10.5. The minimum Gasteiger partial charge on any atom is -0.465 e. The Kier molecular flexibility index (Phi) is 6.46. The number of carbonyl (C=O) groups is 2. The average Bonchev–Trinajstić information content (AvgIpc) is 2.55. The zero-order chi connectivity index (χ0) is 19.3. The van der Waals surface area contributed by atoms with Gasteiger partial charge in [0, 0.05) is 29.4 Å². The van der Waals surface area contributed by atoms with E-state index in [4.69, 9.17) is 16.3 Å². The summed E-state index contributed by atoms with van der Waals surface area (Å²) in [6.45, 7) is 5.76. The monoisotopic (exact) mass is 376 g/mol. The summed E-state index contributed by atoms with van der Waals surface area (Å²) >= 11 is 5.99. The van der Waals surface area contributed by atoms with Crippen molar-refractivity contribution in [1.82, 2.24) is 0 Å². The van der Waals surface area contributed by atoms with Crippen LogP contribution in [0.5, 0.6) is 5.75 Å². The van der Waals surface area contributed by atoms with Gasteiger partial charge in [-0.25, -0.2) is 9.59 Å². The number of hydrogen-bond acceptors (Lipinski definition) is 3. The van der Waals surface area contributed by atoms with E-state index in [0.717, 1.165) is 0 Å². The molecule has 6 nitrogen and oxygen atoms in total. The summed E-state index contributed by atoms with van der Waals surface area (Å²) in [5.41, 5.74) is 1.05. The van der Waals surface area contributed by atoms with Crippen molar-refractivity contribution in [2.45, 2.75) is 26.8 Å². The third-order valence-corrected chi connectivity index (χ3v) is 3.92. The van der Waals surface area contributed by atoms with Crippen LogP contribution >= 0.6 is 11.6 Å². The van der Waals surface area contributed by atoms with E-state index < -0.39 is 12.2 Å². The van der Waals surface area contributed by atoms with Crippen molar-refractivity contribution in [3.8, 4) is 5.75 Å². The van der Waals surface area contributed by atoms with E-state index in [9.17, 15) is 14.7 Å². The molecule has 0 aliphatic carbocycles. The van der Waals surface area contributed by atoms with E-state index in [1.54, 1.807) is 56.3 Å². The molecule has 0 saturated heterocycles. The van der Waals surface area contributed by atoms with Crippen molar-refractivity contribution in [2.24, 2.45) is 0 Å². The van der Waals surface area contributed by atoms with Gasteiger partial charge in [-0.2, -0.15) is 0 Å². The topological polar surface area (TPSA) is 70.1 Å². The predicted molar refractivity (Wildman–Crippen MR) is 103 cm³/mol.